The van der Waals surface area contributed by atoms with Gasteiger partial charge in [0, 0.05) is 29.4 Å². The Morgan fingerprint density at radius 3 is 3.25 bits per heavy atom. The fourth-order valence-corrected chi connectivity index (χ4v) is 1.19. The first kappa shape index (κ1) is 8.95. The Bertz CT molecular complexity index is 316. The zero-order valence-corrected chi connectivity index (χ0v) is 7.95. The van der Waals surface area contributed by atoms with E-state index in [1.165, 1.54) is 6.08 Å². The summed E-state index contributed by atoms with van der Waals surface area (Å²) in [6.45, 7) is 0. The molecule has 0 atom stereocenters. The van der Waals surface area contributed by atoms with Crippen LogP contribution in [-0.2, 0) is 0 Å². The smallest absolute Gasteiger partial charge is 0.0912 e. The van der Waals surface area contributed by atoms with Crippen molar-refractivity contribution >= 4 is 22.1 Å². The summed E-state index contributed by atoms with van der Waals surface area (Å²) in [5, 5.41) is 8.30. The van der Waals surface area contributed by atoms with Gasteiger partial charge in [-0.05, 0) is 17.7 Å². The van der Waals surface area contributed by atoms with E-state index in [9.17, 15) is 0 Å². The second kappa shape index (κ2) is 4.68. The predicted octanol–water partition coefficient (Wildman–Crippen LogP) is 2.70. The van der Waals surface area contributed by atoms with E-state index in [1.807, 2.05) is 18.4 Å². The van der Waals surface area contributed by atoms with Crippen molar-refractivity contribution in [3.05, 3.63) is 34.5 Å². The van der Waals surface area contributed by atoms with Gasteiger partial charge in [0.2, 0.25) is 0 Å². The van der Waals surface area contributed by atoms with Crippen LogP contribution in [0, 0.1) is 11.3 Å². The van der Waals surface area contributed by atoms with Gasteiger partial charge in [-0.3, -0.25) is 4.99 Å². The van der Waals surface area contributed by atoms with Crippen LogP contribution < -0.4 is 0 Å². The molecule has 12 heavy (non-hydrogen) atoms. The first-order valence-corrected chi connectivity index (χ1v) is 4.26. The van der Waals surface area contributed by atoms with Crippen LogP contribution in [0.25, 0.3) is 0 Å². The van der Waals surface area contributed by atoms with Crippen LogP contribution in [0.2, 0.25) is 0 Å². The lowest BCUT2D eigenvalue weighted by atomic mass is 10.2. The molecule has 0 aromatic rings. The number of rotatable bonds is 1. The predicted molar refractivity (Wildman–Crippen MR) is 53.0 cm³/mol. The molecule has 0 saturated heterocycles. The molecular weight excluding hydrogens is 216 g/mol. The molecule has 60 valence electrons. The molecule has 1 aliphatic heterocycles. The number of nitrogens with zero attached hydrogens (tertiary/aromatic N) is 2. The summed E-state index contributed by atoms with van der Waals surface area (Å²) >= 11 is 3.38. The van der Waals surface area contributed by atoms with Crippen molar-refractivity contribution in [2.45, 2.75) is 6.42 Å². The fourth-order valence-electron chi connectivity index (χ4n) is 0.780. The van der Waals surface area contributed by atoms with Crippen molar-refractivity contribution in [2.75, 3.05) is 0 Å². The third-order valence-electron chi connectivity index (χ3n) is 1.29. The van der Waals surface area contributed by atoms with E-state index in [4.69, 9.17) is 5.26 Å². The fraction of sp³-hybridized carbons (Fsp3) is 0.111. The van der Waals surface area contributed by atoms with E-state index in [-0.39, 0.29) is 0 Å². The van der Waals surface area contributed by atoms with Gasteiger partial charge in [-0.1, -0.05) is 15.9 Å². The summed E-state index contributed by atoms with van der Waals surface area (Å²) in [5.74, 6) is 0. The summed E-state index contributed by atoms with van der Waals surface area (Å²) in [6.07, 6.45) is 9.45. The Morgan fingerprint density at radius 2 is 2.50 bits per heavy atom. The van der Waals surface area contributed by atoms with Crippen molar-refractivity contribution in [3.8, 4) is 6.07 Å². The summed E-state index contributed by atoms with van der Waals surface area (Å²) in [6, 6.07) is 1.93. The van der Waals surface area contributed by atoms with E-state index < -0.39 is 0 Å². The van der Waals surface area contributed by atoms with Crippen molar-refractivity contribution in [3.63, 3.8) is 0 Å². The molecule has 0 radical (unpaired) electrons. The zero-order valence-electron chi connectivity index (χ0n) is 6.37. The minimum atomic E-state index is 0.806. The normalized spacial score (nSPS) is 16.7. The Kier molecular flexibility index (Phi) is 3.49. The van der Waals surface area contributed by atoms with Crippen LogP contribution in [0.15, 0.2) is 39.5 Å². The number of hydrogen-bond donors (Lipinski definition) is 0. The highest BCUT2D eigenvalue weighted by molar-refractivity contribution is 9.11. The van der Waals surface area contributed by atoms with Gasteiger partial charge in [0.1, 0.15) is 0 Å². The van der Waals surface area contributed by atoms with Gasteiger partial charge in [-0.2, -0.15) is 5.26 Å². The zero-order chi connectivity index (χ0) is 8.81. The van der Waals surface area contributed by atoms with Crippen molar-refractivity contribution in [1.82, 2.24) is 0 Å². The molecule has 0 aromatic heterocycles. The lowest BCUT2D eigenvalue weighted by Crippen LogP contribution is -1.72. The molecule has 0 fully saturated rings. The Morgan fingerprint density at radius 1 is 1.67 bits per heavy atom. The molecule has 3 heteroatoms. The Balaban J connectivity index is 2.83. The van der Waals surface area contributed by atoms with Crippen molar-refractivity contribution < 1.29 is 0 Å². The average Bonchev–Trinajstić information content (AvgIpc) is 2.26. The standard InChI is InChI=1S/C9H7BrN2/c10-9-3-5-12-7-8(6-9)2-1-4-11/h1-2,5-7H,3H2/b2-1+. The highest BCUT2D eigenvalue weighted by Crippen LogP contribution is 2.15. The SMILES string of the molecule is N#C/C=C/C1=CN=CCC(Br)=C1. The molecular formula is C9H7BrN2. The van der Waals surface area contributed by atoms with E-state index >= 15 is 0 Å². The molecule has 0 spiro atoms. The molecule has 0 N–H and O–H groups in total. The minimum absolute atomic E-state index is 0.806. The summed E-state index contributed by atoms with van der Waals surface area (Å²) in [4.78, 5) is 4.03. The second-order valence-electron chi connectivity index (χ2n) is 2.22. The van der Waals surface area contributed by atoms with Gasteiger partial charge in [0.15, 0.2) is 0 Å². The van der Waals surface area contributed by atoms with Gasteiger partial charge in [-0.25, -0.2) is 0 Å². The summed E-state index contributed by atoms with van der Waals surface area (Å²) in [5.41, 5.74) is 0.928. The van der Waals surface area contributed by atoms with Gasteiger partial charge in [-0.15, -0.1) is 0 Å². The molecule has 0 aromatic carbocycles. The van der Waals surface area contributed by atoms with Gasteiger partial charge < -0.3 is 0 Å². The maximum absolute atomic E-state index is 8.30. The van der Waals surface area contributed by atoms with Crippen LogP contribution in [0.3, 0.4) is 0 Å². The molecule has 0 bridgehead atoms. The monoisotopic (exact) mass is 222 g/mol. The summed E-state index contributed by atoms with van der Waals surface area (Å²) in [7, 11) is 0. The lowest BCUT2D eigenvalue weighted by molar-refractivity contribution is 1.48. The van der Waals surface area contributed by atoms with E-state index in [0.717, 1.165) is 16.5 Å². The number of hydrogen-bond acceptors (Lipinski definition) is 2. The number of halogens is 1. The van der Waals surface area contributed by atoms with Gasteiger partial charge in [0.05, 0.1) is 6.07 Å². The number of allylic oxidation sites excluding steroid dienone is 5. The van der Waals surface area contributed by atoms with E-state index in [1.54, 1.807) is 12.3 Å². The topological polar surface area (TPSA) is 36.1 Å². The van der Waals surface area contributed by atoms with E-state index in [2.05, 4.69) is 20.9 Å². The van der Waals surface area contributed by atoms with Gasteiger partial charge in [0.25, 0.3) is 0 Å². The van der Waals surface area contributed by atoms with Crippen LogP contribution in [0.4, 0.5) is 0 Å². The third kappa shape index (κ3) is 2.85. The molecule has 0 unspecified atom stereocenters. The molecule has 0 aliphatic carbocycles. The highest BCUT2D eigenvalue weighted by Gasteiger charge is 1.94. The highest BCUT2D eigenvalue weighted by atomic mass is 79.9. The lowest BCUT2D eigenvalue weighted by Gasteiger charge is -1.89. The maximum Gasteiger partial charge on any atom is 0.0912 e. The first-order valence-electron chi connectivity index (χ1n) is 3.47. The van der Waals surface area contributed by atoms with Crippen molar-refractivity contribution in [1.29, 1.82) is 5.26 Å². The van der Waals surface area contributed by atoms with Gasteiger partial charge >= 0.3 is 0 Å². The minimum Gasteiger partial charge on any atom is -0.268 e. The third-order valence-corrected chi connectivity index (χ3v) is 1.84. The quantitative estimate of drug-likeness (QED) is 0.629. The first-order chi connectivity index (χ1) is 5.83. The van der Waals surface area contributed by atoms with Crippen LogP contribution in [0.5, 0.6) is 0 Å². The Hall–Kier alpha value is -1.14. The number of aliphatic imine (C=N–C) groups is 1. The van der Waals surface area contributed by atoms with Crippen LogP contribution in [-0.4, -0.2) is 6.21 Å². The largest absolute Gasteiger partial charge is 0.268 e. The molecule has 0 amide bonds. The van der Waals surface area contributed by atoms with E-state index in [0.29, 0.717) is 0 Å². The molecule has 1 heterocycles. The second-order valence-corrected chi connectivity index (χ2v) is 3.24. The molecule has 1 rings (SSSR count). The maximum atomic E-state index is 8.30. The molecule has 2 nitrogen and oxygen atoms in total. The molecule has 0 saturated carbocycles. The summed E-state index contributed by atoms with van der Waals surface area (Å²) < 4.78 is 1.07. The van der Waals surface area contributed by atoms with Crippen LogP contribution in [0.1, 0.15) is 6.42 Å². The Labute approximate surface area is 79.7 Å². The average molecular weight is 223 g/mol. The number of nitriles is 1. The van der Waals surface area contributed by atoms with Crippen LogP contribution >= 0.6 is 15.9 Å². The van der Waals surface area contributed by atoms with Crippen molar-refractivity contribution in [2.24, 2.45) is 4.99 Å². The molecule has 1 aliphatic rings.